The number of pyridine rings is 1. The molecule has 0 aromatic carbocycles. The van der Waals surface area contributed by atoms with Gasteiger partial charge in [-0.15, -0.1) is 0 Å². The molecule has 0 amide bonds. The molecule has 1 rings (SSSR count). The van der Waals surface area contributed by atoms with Crippen molar-refractivity contribution in [3.05, 3.63) is 24.0 Å². The van der Waals surface area contributed by atoms with Crippen molar-refractivity contribution in [3.63, 3.8) is 0 Å². The van der Waals surface area contributed by atoms with Gasteiger partial charge in [0, 0.05) is 0 Å². The zero-order valence-electron chi connectivity index (χ0n) is 5.03. The molecule has 0 unspecified atom stereocenters. The van der Waals surface area contributed by atoms with Crippen LogP contribution in [0.15, 0.2) is 18.3 Å². The second kappa shape index (κ2) is 3.00. The first-order valence-electron chi connectivity index (χ1n) is 2.61. The molecule has 1 aromatic rings. The van der Waals surface area contributed by atoms with E-state index in [0.717, 1.165) is 26.1 Å². The Bertz CT molecular complexity index is 262. The van der Waals surface area contributed by atoms with Gasteiger partial charge in [0.25, 0.3) is 0 Å². The Morgan fingerprint density at radius 3 is 2.80 bits per heavy atom. The molecule has 0 spiro atoms. The normalized spacial score (nSPS) is 9.30. The van der Waals surface area contributed by atoms with Gasteiger partial charge in [0.1, 0.15) is 0 Å². The molecule has 1 heterocycles. The molecule has 4 heteroatoms. The van der Waals surface area contributed by atoms with Gasteiger partial charge in [-0.2, -0.15) is 0 Å². The van der Waals surface area contributed by atoms with Crippen LogP contribution in [0, 0.1) is 0 Å². The first-order chi connectivity index (χ1) is 4.72. The molecule has 0 aliphatic heterocycles. The summed E-state index contributed by atoms with van der Waals surface area (Å²) in [5.41, 5.74) is 0.167. The van der Waals surface area contributed by atoms with Crippen LogP contribution in [0.4, 0.5) is 0 Å². The number of nitrogens with zero attached hydrogens (tertiary/aromatic N) is 1. The molecule has 0 aliphatic carbocycles. The van der Waals surface area contributed by atoms with Crippen molar-refractivity contribution in [1.82, 2.24) is 4.98 Å². The van der Waals surface area contributed by atoms with Crippen molar-refractivity contribution >= 4 is 32.1 Å². The van der Waals surface area contributed by atoms with Crippen LogP contribution in [0.3, 0.4) is 0 Å². The van der Waals surface area contributed by atoms with Crippen molar-refractivity contribution in [3.8, 4) is 0 Å². The Labute approximate surface area is 71.2 Å². The van der Waals surface area contributed by atoms with E-state index >= 15 is 0 Å². The molecule has 1 N–H and O–H groups in total. The number of aromatic carboxylic acids is 1. The van der Waals surface area contributed by atoms with Crippen molar-refractivity contribution in [1.29, 1.82) is 0 Å². The molecule has 0 atom stereocenters. The molecule has 0 fully saturated rings. The van der Waals surface area contributed by atoms with Gasteiger partial charge < -0.3 is 0 Å². The molecule has 10 heavy (non-hydrogen) atoms. The Hall–Kier alpha value is -0.581. The number of carboxylic acid groups (broad SMARTS) is 1. The number of rotatable bonds is 1. The summed E-state index contributed by atoms with van der Waals surface area (Å²) in [6, 6.07) is 3.49. The number of carbonyl (C=O) groups is 1. The number of carboxylic acids is 1. The van der Waals surface area contributed by atoms with E-state index in [1.807, 2.05) is 0 Å². The summed E-state index contributed by atoms with van der Waals surface area (Å²) in [5.74, 6) is -0.951. The van der Waals surface area contributed by atoms with E-state index in [9.17, 15) is 4.79 Å². The summed E-state index contributed by atoms with van der Waals surface area (Å²) in [6.45, 7) is 0. The molecule has 0 saturated carbocycles. The quantitative estimate of drug-likeness (QED) is 0.679. The molecule has 0 aliphatic rings. The van der Waals surface area contributed by atoms with Gasteiger partial charge in [0.05, 0.1) is 0 Å². The molecule has 49 valence electrons. The predicted molar refractivity (Wildman–Crippen MR) is 36.6 cm³/mol. The van der Waals surface area contributed by atoms with Gasteiger partial charge in [0.15, 0.2) is 0 Å². The SMILES string of the molecule is O=C(O)c1nccc[c]1[Sn]. The Morgan fingerprint density at radius 2 is 2.40 bits per heavy atom. The zero-order chi connectivity index (χ0) is 7.56. The molecular formula is C6H4NO2Sn. The summed E-state index contributed by atoms with van der Waals surface area (Å²) in [5, 5.41) is 8.52. The Balaban J connectivity index is 3.15. The van der Waals surface area contributed by atoms with E-state index in [4.69, 9.17) is 5.11 Å². The average Bonchev–Trinajstić information content (AvgIpc) is 1.88. The second-order valence-corrected chi connectivity index (χ2v) is 3.24. The summed E-state index contributed by atoms with van der Waals surface area (Å²) in [7, 11) is 0. The van der Waals surface area contributed by atoms with Crippen LogP contribution in [0.2, 0.25) is 0 Å². The topological polar surface area (TPSA) is 50.2 Å². The van der Waals surface area contributed by atoms with Gasteiger partial charge in [0.2, 0.25) is 0 Å². The van der Waals surface area contributed by atoms with Crippen LogP contribution < -0.4 is 3.58 Å². The predicted octanol–water partition coefficient (Wildman–Crippen LogP) is -0.426. The minimum atomic E-state index is -0.951. The summed E-state index contributed by atoms with van der Waals surface area (Å²) >= 11 is 1.08. The second-order valence-electron chi connectivity index (χ2n) is 1.70. The Morgan fingerprint density at radius 1 is 1.70 bits per heavy atom. The number of hydrogen-bond donors (Lipinski definition) is 1. The van der Waals surface area contributed by atoms with Crippen molar-refractivity contribution in [2.45, 2.75) is 0 Å². The molecule has 3 nitrogen and oxygen atoms in total. The van der Waals surface area contributed by atoms with Crippen LogP contribution in [0.5, 0.6) is 0 Å². The van der Waals surface area contributed by atoms with E-state index in [-0.39, 0.29) is 5.69 Å². The van der Waals surface area contributed by atoms with Crippen molar-refractivity contribution in [2.75, 3.05) is 0 Å². The third kappa shape index (κ3) is 1.47. The molecule has 1 aromatic heterocycles. The maximum atomic E-state index is 10.4. The van der Waals surface area contributed by atoms with E-state index in [0.29, 0.717) is 0 Å². The average molecular weight is 241 g/mol. The van der Waals surface area contributed by atoms with E-state index in [1.54, 1.807) is 12.1 Å². The summed E-state index contributed by atoms with van der Waals surface area (Å²) in [6.07, 6.45) is 1.48. The van der Waals surface area contributed by atoms with E-state index in [1.165, 1.54) is 6.20 Å². The van der Waals surface area contributed by atoms with Crippen LogP contribution in [-0.2, 0) is 0 Å². The fourth-order valence-electron chi connectivity index (χ4n) is 0.576. The van der Waals surface area contributed by atoms with Crippen LogP contribution in [0.1, 0.15) is 10.5 Å². The van der Waals surface area contributed by atoms with E-state index in [2.05, 4.69) is 4.98 Å². The summed E-state index contributed by atoms with van der Waals surface area (Å²) < 4.78 is 0.780. The summed E-state index contributed by atoms with van der Waals surface area (Å²) in [4.78, 5) is 14.1. The van der Waals surface area contributed by atoms with E-state index < -0.39 is 5.97 Å². The molecule has 3 radical (unpaired) electrons. The van der Waals surface area contributed by atoms with Crippen LogP contribution in [0.25, 0.3) is 0 Å². The third-order valence-electron chi connectivity index (χ3n) is 1.01. The Kier molecular flexibility index (Phi) is 2.26. The zero-order valence-corrected chi connectivity index (χ0v) is 7.89. The monoisotopic (exact) mass is 242 g/mol. The molecule has 0 bridgehead atoms. The first-order valence-corrected chi connectivity index (χ1v) is 4.04. The minimum absolute atomic E-state index is 0.167. The molecule has 0 saturated heterocycles. The van der Waals surface area contributed by atoms with Crippen LogP contribution in [-0.4, -0.2) is 38.6 Å². The number of aromatic nitrogens is 1. The standard InChI is InChI=1S/C6H4NO2.Sn/c8-6(9)5-3-1-2-4-7-5;/h1-2,4H,(H,8,9);. The fraction of sp³-hybridized carbons (Fsp3) is 0. The number of hydrogen-bond acceptors (Lipinski definition) is 2. The first kappa shape index (κ1) is 7.52. The van der Waals surface area contributed by atoms with Gasteiger partial charge in [-0.25, -0.2) is 0 Å². The third-order valence-corrected chi connectivity index (χ3v) is 2.16. The van der Waals surface area contributed by atoms with Gasteiger partial charge >= 0.3 is 71.0 Å². The van der Waals surface area contributed by atoms with Gasteiger partial charge in [-0.05, 0) is 0 Å². The van der Waals surface area contributed by atoms with Gasteiger partial charge in [-0.1, -0.05) is 0 Å². The fourth-order valence-corrected chi connectivity index (χ4v) is 1.34. The van der Waals surface area contributed by atoms with Crippen LogP contribution >= 0.6 is 0 Å². The maximum absolute atomic E-state index is 10.4. The van der Waals surface area contributed by atoms with Gasteiger partial charge in [-0.3, -0.25) is 0 Å². The van der Waals surface area contributed by atoms with Crippen molar-refractivity contribution < 1.29 is 9.90 Å². The molecular weight excluding hydrogens is 237 g/mol. The van der Waals surface area contributed by atoms with Crippen molar-refractivity contribution in [2.24, 2.45) is 0 Å².